The highest BCUT2D eigenvalue weighted by Gasteiger charge is 2.23. The molecule has 0 bridgehead atoms. The van der Waals surface area contributed by atoms with Crippen molar-refractivity contribution in [3.05, 3.63) is 40.7 Å². The van der Waals surface area contributed by atoms with Gasteiger partial charge < -0.3 is 30.5 Å². The van der Waals surface area contributed by atoms with Crippen LogP contribution in [0.3, 0.4) is 0 Å². The molecule has 7 nitrogen and oxygen atoms in total. The Morgan fingerprint density at radius 2 is 1.42 bits per heavy atom. The minimum atomic E-state index is -0.945. The number of fused-ring (bicyclic) bond motifs is 5. The van der Waals surface area contributed by atoms with E-state index in [1.54, 1.807) is 24.3 Å². The van der Waals surface area contributed by atoms with Gasteiger partial charge in [0.05, 0.1) is 16.3 Å². The van der Waals surface area contributed by atoms with Crippen LogP contribution in [0.25, 0.3) is 32.4 Å². The van der Waals surface area contributed by atoms with Crippen LogP contribution >= 0.6 is 0 Å². The van der Waals surface area contributed by atoms with Crippen LogP contribution in [0.5, 0.6) is 28.7 Å². The van der Waals surface area contributed by atoms with Gasteiger partial charge >= 0.3 is 0 Å². The highest BCUT2D eigenvalue weighted by atomic mass is 16.3. The molecule has 0 aliphatic carbocycles. The van der Waals surface area contributed by atoms with Crippen molar-refractivity contribution in [1.29, 1.82) is 0 Å². The Labute approximate surface area is 133 Å². The van der Waals surface area contributed by atoms with Crippen molar-refractivity contribution in [2.75, 3.05) is 0 Å². The van der Waals surface area contributed by atoms with E-state index in [0.717, 1.165) is 0 Å². The van der Waals surface area contributed by atoms with Gasteiger partial charge in [-0.25, -0.2) is 0 Å². The largest absolute Gasteiger partial charge is 0.507 e. The van der Waals surface area contributed by atoms with Crippen LogP contribution in [0.15, 0.2) is 35.1 Å². The van der Waals surface area contributed by atoms with E-state index in [0.29, 0.717) is 10.8 Å². The average Bonchev–Trinajstić information content (AvgIpc) is 2.57. The Morgan fingerprint density at radius 3 is 2.17 bits per heavy atom. The number of aromatic hydroxyl groups is 5. The molecule has 1 heterocycles. The molecule has 120 valence electrons. The van der Waals surface area contributed by atoms with Gasteiger partial charge in [-0.2, -0.15) is 0 Å². The lowest BCUT2D eigenvalue weighted by Crippen LogP contribution is -2.07. The normalized spacial score (nSPS) is 11.5. The number of rotatable bonds is 0. The number of benzene rings is 3. The van der Waals surface area contributed by atoms with Gasteiger partial charge in [-0.3, -0.25) is 4.79 Å². The second-order valence-electron chi connectivity index (χ2n) is 5.47. The highest BCUT2D eigenvalue weighted by molar-refractivity contribution is 6.23. The van der Waals surface area contributed by atoms with Crippen molar-refractivity contribution in [2.45, 2.75) is 0 Å². The lowest BCUT2D eigenvalue weighted by atomic mass is 9.97. The molecule has 7 heteroatoms. The molecule has 0 aliphatic heterocycles. The zero-order valence-corrected chi connectivity index (χ0v) is 12.0. The Balaban J connectivity index is 2.50. The minimum absolute atomic E-state index is 0.0792. The molecule has 6 N–H and O–H groups in total. The first-order valence-electron chi connectivity index (χ1n) is 6.98. The van der Waals surface area contributed by atoms with E-state index in [9.17, 15) is 30.3 Å². The van der Waals surface area contributed by atoms with Crippen molar-refractivity contribution in [1.82, 2.24) is 4.98 Å². The summed E-state index contributed by atoms with van der Waals surface area (Å²) in [4.78, 5) is 14.7. The molecule has 0 aliphatic rings. The topological polar surface area (TPSA) is 134 Å². The first kappa shape index (κ1) is 14.0. The van der Waals surface area contributed by atoms with Gasteiger partial charge in [-0.15, -0.1) is 0 Å². The summed E-state index contributed by atoms with van der Waals surface area (Å²) in [6.07, 6.45) is 0. The number of phenolic OH excluding ortho intramolecular Hbond substituents is 5. The van der Waals surface area contributed by atoms with Crippen LogP contribution in [0.2, 0.25) is 0 Å². The van der Waals surface area contributed by atoms with Crippen molar-refractivity contribution in [3.8, 4) is 28.7 Å². The van der Waals surface area contributed by atoms with Gasteiger partial charge in [0.1, 0.15) is 5.75 Å². The predicted molar refractivity (Wildman–Crippen MR) is 87.9 cm³/mol. The number of hydrogen-bond donors (Lipinski definition) is 6. The molecule has 0 fully saturated rings. The molecule has 0 amide bonds. The summed E-state index contributed by atoms with van der Waals surface area (Å²) in [6.45, 7) is 0. The standard InChI is InChI=1S/C17H11NO6/c19-8-5-6-3-1-2-4-7(6)9-10(8)17(24)18-12-11(9)13(20)15(22)16(23)14(12)21/h1-5,19-23H,(H,18,24). The zero-order chi connectivity index (χ0) is 17.2. The summed E-state index contributed by atoms with van der Waals surface area (Å²) in [5, 5.41) is 51.2. The first-order valence-corrected chi connectivity index (χ1v) is 6.98. The number of aromatic nitrogens is 1. The van der Waals surface area contributed by atoms with Crippen LogP contribution in [0.4, 0.5) is 0 Å². The Hall–Kier alpha value is -3.61. The van der Waals surface area contributed by atoms with Gasteiger partial charge in [0.25, 0.3) is 5.56 Å². The van der Waals surface area contributed by atoms with E-state index < -0.39 is 28.6 Å². The number of pyridine rings is 1. The van der Waals surface area contributed by atoms with E-state index in [4.69, 9.17) is 0 Å². The molecular formula is C17H11NO6. The van der Waals surface area contributed by atoms with E-state index in [1.165, 1.54) is 6.07 Å². The highest BCUT2D eigenvalue weighted by Crippen LogP contribution is 2.50. The minimum Gasteiger partial charge on any atom is -0.507 e. The molecule has 0 radical (unpaired) electrons. The van der Waals surface area contributed by atoms with Crippen molar-refractivity contribution in [3.63, 3.8) is 0 Å². The maximum atomic E-state index is 12.4. The SMILES string of the molecule is O=c1[nH]c2c(O)c(O)c(O)c(O)c2c2c1c(O)cc1ccccc12. The monoisotopic (exact) mass is 325 g/mol. The van der Waals surface area contributed by atoms with Crippen LogP contribution in [-0.2, 0) is 0 Å². The molecule has 0 atom stereocenters. The lowest BCUT2D eigenvalue weighted by molar-refractivity contribution is 0.350. The van der Waals surface area contributed by atoms with E-state index in [2.05, 4.69) is 4.98 Å². The molecule has 24 heavy (non-hydrogen) atoms. The molecule has 0 saturated heterocycles. The van der Waals surface area contributed by atoms with Gasteiger partial charge in [0.2, 0.25) is 11.5 Å². The lowest BCUT2D eigenvalue weighted by Gasteiger charge is -2.13. The van der Waals surface area contributed by atoms with E-state index in [1.807, 2.05) is 0 Å². The van der Waals surface area contributed by atoms with Crippen molar-refractivity contribution >= 4 is 32.4 Å². The van der Waals surface area contributed by atoms with Gasteiger partial charge in [0.15, 0.2) is 11.5 Å². The van der Waals surface area contributed by atoms with E-state index in [-0.39, 0.29) is 27.4 Å². The second-order valence-corrected chi connectivity index (χ2v) is 5.47. The Kier molecular flexibility index (Phi) is 2.60. The van der Waals surface area contributed by atoms with Crippen molar-refractivity contribution < 1.29 is 25.5 Å². The third kappa shape index (κ3) is 1.58. The number of H-pyrrole nitrogens is 1. The van der Waals surface area contributed by atoms with Crippen LogP contribution in [0.1, 0.15) is 0 Å². The van der Waals surface area contributed by atoms with E-state index >= 15 is 0 Å². The summed E-state index contributed by atoms with van der Waals surface area (Å²) in [5.41, 5.74) is -0.948. The summed E-state index contributed by atoms with van der Waals surface area (Å²) in [5.74, 6) is -3.65. The molecular weight excluding hydrogens is 314 g/mol. The van der Waals surface area contributed by atoms with Gasteiger partial charge in [0, 0.05) is 5.39 Å². The first-order chi connectivity index (χ1) is 11.4. The maximum Gasteiger partial charge on any atom is 0.260 e. The van der Waals surface area contributed by atoms with Crippen LogP contribution < -0.4 is 5.56 Å². The Bertz CT molecular complexity index is 1230. The van der Waals surface area contributed by atoms with Gasteiger partial charge in [-0.05, 0) is 16.8 Å². The Morgan fingerprint density at radius 1 is 0.750 bits per heavy atom. The predicted octanol–water partition coefficient (Wildman–Crippen LogP) is 2.36. The molecule has 3 aromatic carbocycles. The van der Waals surface area contributed by atoms with Crippen LogP contribution in [0, 0.1) is 0 Å². The molecule has 4 aromatic rings. The second kappa shape index (κ2) is 4.45. The molecule has 0 saturated carbocycles. The molecule has 1 aromatic heterocycles. The van der Waals surface area contributed by atoms with Crippen LogP contribution in [-0.4, -0.2) is 30.5 Å². The fraction of sp³-hybridized carbons (Fsp3) is 0. The number of hydrogen-bond acceptors (Lipinski definition) is 6. The molecule has 0 spiro atoms. The summed E-state index contributed by atoms with van der Waals surface area (Å²) >= 11 is 0. The summed E-state index contributed by atoms with van der Waals surface area (Å²) in [6, 6.07) is 8.25. The van der Waals surface area contributed by atoms with Gasteiger partial charge in [-0.1, -0.05) is 24.3 Å². The molecule has 0 unspecified atom stereocenters. The smallest absolute Gasteiger partial charge is 0.260 e. The molecule has 4 rings (SSSR count). The number of aromatic amines is 1. The third-order valence-corrected chi connectivity index (χ3v) is 4.14. The maximum absolute atomic E-state index is 12.4. The average molecular weight is 325 g/mol. The third-order valence-electron chi connectivity index (χ3n) is 4.14. The number of nitrogens with one attached hydrogen (secondary N) is 1. The quantitative estimate of drug-likeness (QED) is 0.167. The number of phenols is 5. The fourth-order valence-corrected chi connectivity index (χ4v) is 3.06. The zero-order valence-electron chi connectivity index (χ0n) is 12.0. The van der Waals surface area contributed by atoms with Crippen molar-refractivity contribution in [2.24, 2.45) is 0 Å². The summed E-state index contributed by atoms with van der Waals surface area (Å²) < 4.78 is 0. The summed E-state index contributed by atoms with van der Waals surface area (Å²) in [7, 11) is 0. The fourth-order valence-electron chi connectivity index (χ4n) is 3.06.